The molecule has 0 bridgehead atoms. The first-order chi connectivity index (χ1) is 17.6. The summed E-state index contributed by atoms with van der Waals surface area (Å²) in [7, 11) is 0. The number of ether oxygens (including phenoxy) is 1. The van der Waals surface area contributed by atoms with E-state index in [1.807, 2.05) is 55.6 Å². The summed E-state index contributed by atoms with van der Waals surface area (Å²) in [6, 6.07) is 17.4. The largest absolute Gasteiger partial charge is 0.445 e. The van der Waals surface area contributed by atoms with Crippen molar-refractivity contribution in [2.24, 2.45) is 0 Å². The minimum Gasteiger partial charge on any atom is -0.445 e. The van der Waals surface area contributed by atoms with E-state index in [4.69, 9.17) is 4.74 Å². The van der Waals surface area contributed by atoms with Crippen LogP contribution >= 0.6 is 0 Å². The highest BCUT2D eigenvalue weighted by molar-refractivity contribution is 5.85. The quantitative estimate of drug-likeness (QED) is 0.223. The van der Waals surface area contributed by atoms with Crippen molar-refractivity contribution in [1.29, 1.82) is 0 Å². The Labute approximate surface area is 211 Å². The predicted molar refractivity (Wildman–Crippen MR) is 140 cm³/mol. The van der Waals surface area contributed by atoms with Crippen LogP contribution in [0, 0.1) is 0 Å². The molecule has 2 heterocycles. The van der Waals surface area contributed by atoms with E-state index in [0.29, 0.717) is 25.1 Å². The zero-order chi connectivity index (χ0) is 25.2. The number of alkyl carbamates (subject to hydrolysis) is 1. The molecule has 0 aliphatic heterocycles. The molecule has 0 radical (unpaired) electrons. The lowest BCUT2D eigenvalue weighted by Gasteiger charge is -2.17. The Hall–Kier alpha value is -4.00. The maximum atomic E-state index is 12.6. The van der Waals surface area contributed by atoms with Gasteiger partial charge in [-0.05, 0) is 35.9 Å². The zero-order valence-corrected chi connectivity index (χ0v) is 20.6. The Kier molecular flexibility index (Phi) is 8.81. The highest BCUT2D eigenvalue weighted by Gasteiger charge is 2.19. The van der Waals surface area contributed by atoms with Gasteiger partial charge in [-0.15, -0.1) is 0 Å². The summed E-state index contributed by atoms with van der Waals surface area (Å²) in [5, 5.41) is 5.15. The molecule has 2 N–H and O–H groups in total. The van der Waals surface area contributed by atoms with Gasteiger partial charge >= 0.3 is 6.09 Å². The number of amides is 1. The number of H-pyrrole nitrogens is 1. The molecule has 0 aliphatic rings. The molecule has 0 spiro atoms. The van der Waals surface area contributed by atoms with Crippen LogP contribution in [0.4, 0.5) is 4.79 Å². The van der Waals surface area contributed by atoms with Gasteiger partial charge in [-0.3, -0.25) is 9.78 Å². The van der Waals surface area contributed by atoms with E-state index in [9.17, 15) is 9.59 Å². The average Bonchev–Trinajstić information content (AvgIpc) is 3.41. The van der Waals surface area contributed by atoms with Crippen LogP contribution in [0.25, 0.3) is 22.0 Å². The zero-order valence-electron chi connectivity index (χ0n) is 20.6. The summed E-state index contributed by atoms with van der Waals surface area (Å²) in [4.78, 5) is 36.4. The molecule has 7 heteroatoms. The smallest absolute Gasteiger partial charge is 0.408 e. The number of imidazole rings is 1. The first-order valence-corrected chi connectivity index (χ1v) is 12.5. The third kappa shape index (κ3) is 7.01. The van der Waals surface area contributed by atoms with Crippen LogP contribution in [-0.4, -0.2) is 26.8 Å². The van der Waals surface area contributed by atoms with Gasteiger partial charge in [0.15, 0.2) is 0 Å². The summed E-state index contributed by atoms with van der Waals surface area (Å²) in [6.07, 6.45) is 9.42. The van der Waals surface area contributed by atoms with Crippen molar-refractivity contribution in [2.75, 3.05) is 0 Å². The lowest BCUT2D eigenvalue weighted by molar-refractivity contribution is -0.118. The number of nitrogens with one attached hydrogen (secondary N) is 2. The maximum Gasteiger partial charge on any atom is 0.408 e. The fourth-order valence-electron chi connectivity index (χ4n) is 4.12. The predicted octanol–water partition coefficient (Wildman–Crippen LogP) is 6.52. The molecule has 2 aromatic carbocycles. The maximum absolute atomic E-state index is 12.6. The number of unbranched alkanes of at least 4 members (excludes halogenated alkanes) is 2. The molecule has 0 fully saturated rings. The number of ketones is 1. The Morgan fingerprint density at radius 3 is 2.69 bits per heavy atom. The van der Waals surface area contributed by atoms with Crippen LogP contribution in [0.5, 0.6) is 0 Å². The van der Waals surface area contributed by atoms with Gasteiger partial charge in [0.2, 0.25) is 0 Å². The van der Waals surface area contributed by atoms with Crippen LogP contribution in [0.1, 0.15) is 62.9 Å². The number of nitrogens with zero attached hydrogens (tertiary/aromatic N) is 2. The third-order valence-corrected chi connectivity index (χ3v) is 6.22. The fourth-order valence-corrected chi connectivity index (χ4v) is 4.12. The minimum absolute atomic E-state index is 0.201. The van der Waals surface area contributed by atoms with Crippen molar-refractivity contribution in [3.63, 3.8) is 0 Å². The van der Waals surface area contributed by atoms with Gasteiger partial charge in [-0.25, -0.2) is 9.78 Å². The molecule has 1 atom stereocenters. The van der Waals surface area contributed by atoms with Crippen molar-refractivity contribution in [1.82, 2.24) is 20.3 Å². The van der Waals surface area contributed by atoms with Crippen LogP contribution in [0.15, 0.2) is 73.2 Å². The summed E-state index contributed by atoms with van der Waals surface area (Å²) in [6.45, 7) is 2.09. The Balaban J connectivity index is 1.43. The number of fused-ring (bicyclic) bond motifs is 1. The molecule has 2 aromatic heterocycles. The number of aromatic nitrogens is 3. The second-order valence-corrected chi connectivity index (χ2v) is 8.87. The highest BCUT2D eigenvalue weighted by Crippen LogP contribution is 2.25. The lowest BCUT2D eigenvalue weighted by atomic mass is 10.0. The standard InChI is InChI=1S/C29H32N4O3/c1-2-25(34)11-7-4-8-12-26(33-29(35)36-20-21-9-5-3-6-10-21)28-31-19-27(32-28)23-14-13-22-15-16-30-18-24(22)17-23/h3,5-6,9-10,13-19,26H,2,4,7-8,11-12,20H2,1H3,(H,31,32)(H,33,35)/t26-/m0/s1. The molecule has 0 saturated carbocycles. The van der Waals surface area contributed by atoms with Gasteiger partial charge in [0, 0.05) is 36.2 Å². The minimum atomic E-state index is -0.486. The molecule has 1 amide bonds. The number of pyridine rings is 1. The van der Waals surface area contributed by atoms with E-state index in [1.165, 1.54) is 0 Å². The monoisotopic (exact) mass is 484 g/mol. The van der Waals surface area contributed by atoms with E-state index in [1.54, 1.807) is 12.4 Å². The fraction of sp³-hybridized carbons (Fsp3) is 0.310. The van der Waals surface area contributed by atoms with Gasteiger partial charge in [0.1, 0.15) is 18.2 Å². The normalized spacial score (nSPS) is 11.8. The molecular weight excluding hydrogens is 452 g/mol. The molecular formula is C29H32N4O3. The SMILES string of the molecule is CCC(=O)CCCCC[C@H](NC(=O)OCc1ccccc1)c1ncc(-c2ccc3ccncc3c2)[nH]1. The van der Waals surface area contributed by atoms with Crippen molar-refractivity contribution >= 4 is 22.6 Å². The number of hydrogen-bond donors (Lipinski definition) is 2. The summed E-state index contributed by atoms with van der Waals surface area (Å²) >= 11 is 0. The molecule has 0 saturated heterocycles. The lowest BCUT2D eigenvalue weighted by Crippen LogP contribution is -2.30. The van der Waals surface area contributed by atoms with Gasteiger partial charge in [0.05, 0.1) is 17.9 Å². The van der Waals surface area contributed by atoms with Crippen molar-refractivity contribution in [3.05, 3.63) is 84.6 Å². The van der Waals surface area contributed by atoms with E-state index in [-0.39, 0.29) is 18.4 Å². The van der Waals surface area contributed by atoms with Crippen molar-refractivity contribution < 1.29 is 14.3 Å². The molecule has 0 aliphatic carbocycles. The first-order valence-electron chi connectivity index (χ1n) is 12.5. The first kappa shape index (κ1) is 25.1. The average molecular weight is 485 g/mol. The molecule has 0 unspecified atom stereocenters. The molecule has 4 aromatic rings. The van der Waals surface area contributed by atoms with E-state index >= 15 is 0 Å². The Bertz CT molecular complexity index is 1290. The van der Waals surface area contributed by atoms with Crippen LogP contribution in [0.2, 0.25) is 0 Å². The molecule has 186 valence electrons. The highest BCUT2D eigenvalue weighted by atomic mass is 16.5. The summed E-state index contributed by atoms with van der Waals surface area (Å²) < 4.78 is 5.45. The number of aromatic amines is 1. The third-order valence-electron chi connectivity index (χ3n) is 6.22. The van der Waals surface area contributed by atoms with Crippen LogP contribution in [-0.2, 0) is 16.1 Å². The van der Waals surface area contributed by atoms with Crippen LogP contribution < -0.4 is 5.32 Å². The van der Waals surface area contributed by atoms with E-state index < -0.39 is 6.09 Å². The second kappa shape index (κ2) is 12.6. The van der Waals surface area contributed by atoms with Gasteiger partial charge in [-0.1, -0.05) is 62.2 Å². The van der Waals surface area contributed by atoms with Crippen molar-refractivity contribution in [3.8, 4) is 11.3 Å². The molecule has 4 rings (SSSR count). The molecule has 7 nitrogen and oxygen atoms in total. The van der Waals surface area contributed by atoms with E-state index in [2.05, 4.69) is 32.4 Å². The summed E-state index contributed by atoms with van der Waals surface area (Å²) in [5.74, 6) is 0.966. The van der Waals surface area contributed by atoms with Crippen LogP contribution in [0.3, 0.4) is 0 Å². The summed E-state index contributed by atoms with van der Waals surface area (Å²) in [5.41, 5.74) is 2.79. The van der Waals surface area contributed by atoms with E-state index in [0.717, 1.165) is 46.9 Å². The topological polar surface area (TPSA) is 97.0 Å². The Morgan fingerprint density at radius 1 is 1.00 bits per heavy atom. The number of hydrogen-bond acceptors (Lipinski definition) is 5. The number of rotatable bonds is 12. The Morgan fingerprint density at radius 2 is 1.86 bits per heavy atom. The number of Topliss-reactive ketones (excluding diaryl/α,β-unsaturated/α-hetero) is 1. The number of benzene rings is 2. The second-order valence-electron chi connectivity index (χ2n) is 8.87. The molecule has 36 heavy (non-hydrogen) atoms. The number of carbonyl (C=O) groups is 2. The van der Waals surface area contributed by atoms with Crippen molar-refractivity contribution in [2.45, 2.75) is 58.1 Å². The van der Waals surface area contributed by atoms with Gasteiger partial charge < -0.3 is 15.0 Å². The number of carbonyl (C=O) groups excluding carboxylic acids is 2. The van der Waals surface area contributed by atoms with Gasteiger partial charge in [0.25, 0.3) is 0 Å². The van der Waals surface area contributed by atoms with Gasteiger partial charge in [-0.2, -0.15) is 0 Å².